The van der Waals surface area contributed by atoms with Gasteiger partial charge in [0.2, 0.25) is 0 Å². The molecule has 36 heavy (non-hydrogen) atoms. The van der Waals surface area contributed by atoms with Gasteiger partial charge in [-0.25, -0.2) is 0 Å². The van der Waals surface area contributed by atoms with Gasteiger partial charge in [0.15, 0.2) is 5.78 Å². The molecule has 182 valence electrons. The van der Waals surface area contributed by atoms with Crippen LogP contribution in [0.2, 0.25) is 0 Å². The molecule has 0 aromatic heterocycles. The van der Waals surface area contributed by atoms with Crippen molar-refractivity contribution in [2.75, 3.05) is 0 Å². The molecule has 0 unspecified atom stereocenters. The van der Waals surface area contributed by atoms with E-state index in [9.17, 15) is 4.79 Å². The summed E-state index contributed by atoms with van der Waals surface area (Å²) in [4.78, 5) is 13.3. The van der Waals surface area contributed by atoms with Crippen LogP contribution in [0.4, 0.5) is 0 Å². The van der Waals surface area contributed by atoms with E-state index in [2.05, 4.69) is 30.3 Å². The maximum atomic E-state index is 13.3. The zero-order chi connectivity index (χ0) is 25.7. The van der Waals surface area contributed by atoms with Crippen LogP contribution in [0.15, 0.2) is 84.9 Å². The van der Waals surface area contributed by atoms with E-state index in [1.165, 1.54) is 0 Å². The van der Waals surface area contributed by atoms with E-state index in [4.69, 9.17) is 9.47 Å². The molecule has 0 N–H and O–H groups in total. The van der Waals surface area contributed by atoms with Crippen LogP contribution in [0, 0.1) is 0 Å². The number of carbonyl (C=O) groups excluding carboxylic acids is 1. The van der Waals surface area contributed by atoms with Crippen LogP contribution in [0.5, 0.6) is 11.5 Å². The van der Waals surface area contributed by atoms with Crippen molar-refractivity contribution in [3.8, 4) is 44.9 Å². The molecule has 0 bridgehead atoms. The second kappa shape index (κ2) is 8.67. The lowest BCUT2D eigenvalue weighted by atomic mass is 9.90. The molecule has 0 saturated carbocycles. The van der Waals surface area contributed by atoms with Crippen LogP contribution >= 0.6 is 0 Å². The van der Waals surface area contributed by atoms with Gasteiger partial charge in [-0.05, 0) is 111 Å². The lowest BCUT2D eigenvalue weighted by Crippen LogP contribution is -2.22. The van der Waals surface area contributed by atoms with Crippen LogP contribution in [0.1, 0.15) is 57.5 Å². The smallest absolute Gasteiger partial charge is 0.194 e. The Morgan fingerprint density at radius 3 is 1.33 bits per heavy atom. The zero-order valence-corrected chi connectivity index (χ0v) is 21.8. The highest BCUT2D eigenvalue weighted by atomic mass is 16.5. The Bertz CT molecular complexity index is 1430. The zero-order valence-electron chi connectivity index (χ0n) is 21.8. The number of carbonyl (C=O) groups is 1. The predicted octanol–water partition coefficient (Wildman–Crippen LogP) is 8.59. The van der Waals surface area contributed by atoms with E-state index in [1.54, 1.807) is 0 Å². The van der Waals surface area contributed by atoms with E-state index in [1.807, 2.05) is 96.1 Å². The Morgan fingerprint density at radius 2 is 0.889 bits per heavy atom. The third-order valence-corrected chi connectivity index (χ3v) is 6.04. The number of ether oxygens (including phenoxy) is 2. The average Bonchev–Trinajstić information content (AvgIpc) is 3.09. The molecule has 3 heteroatoms. The van der Waals surface area contributed by atoms with Gasteiger partial charge in [0, 0.05) is 11.1 Å². The van der Waals surface area contributed by atoms with Crippen molar-refractivity contribution in [1.29, 1.82) is 0 Å². The maximum absolute atomic E-state index is 13.3. The normalized spacial score (nSPS) is 12.8. The number of rotatable bonds is 4. The van der Waals surface area contributed by atoms with E-state index < -0.39 is 0 Å². The Balaban J connectivity index is 1.63. The minimum atomic E-state index is -0.269. The van der Waals surface area contributed by atoms with Gasteiger partial charge in [-0.15, -0.1) is 0 Å². The first-order valence-electron chi connectivity index (χ1n) is 12.4. The molecule has 0 heterocycles. The lowest BCUT2D eigenvalue weighted by molar-refractivity contribution is 0.104. The van der Waals surface area contributed by atoms with Crippen molar-refractivity contribution < 1.29 is 14.3 Å². The fraction of sp³-hybridized carbons (Fsp3) is 0.242. The monoisotopic (exact) mass is 476 g/mol. The molecule has 1 aliphatic carbocycles. The first-order valence-corrected chi connectivity index (χ1v) is 12.4. The Labute approximate surface area is 213 Å². The van der Waals surface area contributed by atoms with Gasteiger partial charge in [0.1, 0.15) is 22.7 Å². The van der Waals surface area contributed by atoms with E-state index in [0.717, 1.165) is 56.0 Å². The highest BCUT2D eigenvalue weighted by molar-refractivity contribution is 6.22. The molecular formula is C33H32O3. The molecule has 0 radical (unpaired) electrons. The quantitative estimate of drug-likeness (QED) is 0.260. The van der Waals surface area contributed by atoms with Gasteiger partial charge in [0.05, 0.1) is 0 Å². The fourth-order valence-electron chi connectivity index (χ4n) is 4.66. The molecule has 4 aromatic rings. The first-order chi connectivity index (χ1) is 17.0. The highest BCUT2D eigenvalue weighted by Gasteiger charge is 2.28. The van der Waals surface area contributed by atoms with Crippen LogP contribution in [-0.4, -0.2) is 17.0 Å². The summed E-state index contributed by atoms with van der Waals surface area (Å²) in [7, 11) is 0. The van der Waals surface area contributed by atoms with E-state index in [-0.39, 0.29) is 17.0 Å². The summed E-state index contributed by atoms with van der Waals surface area (Å²) < 4.78 is 12.1. The number of ketones is 1. The molecular weight excluding hydrogens is 444 g/mol. The van der Waals surface area contributed by atoms with Crippen molar-refractivity contribution in [2.24, 2.45) is 0 Å². The third kappa shape index (κ3) is 4.79. The number of hydrogen-bond donors (Lipinski definition) is 0. The summed E-state index contributed by atoms with van der Waals surface area (Å²) in [6.07, 6.45) is 0. The van der Waals surface area contributed by atoms with Crippen LogP contribution < -0.4 is 9.47 Å². The fourth-order valence-corrected chi connectivity index (χ4v) is 4.66. The Hall–Kier alpha value is -3.85. The first kappa shape index (κ1) is 23.9. The van der Waals surface area contributed by atoms with Crippen LogP contribution in [0.3, 0.4) is 0 Å². The van der Waals surface area contributed by atoms with E-state index in [0.29, 0.717) is 0 Å². The summed E-state index contributed by atoms with van der Waals surface area (Å²) in [5.41, 5.74) is 7.15. The molecule has 0 spiro atoms. The second-order valence-electron chi connectivity index (χ2n) is 11.3. The van der Waals surface area contributed by atoms with Gasteiger partial charge < -0.3 is 9.47 Å². The third-order valence-electron chi connectivity index (χ3n) is 6.04. The van der Waals surface area contributed by atoms with Crippen LogP contribution in [-0.2, 0) is 0 Å². The van der Waals surface area contributed by atoms with Crippen LogP contribution in [0.25, 0.3) is 33.4 Å². The number of benzene rings is 4. The summed E-state index contributed by atoms with van der Waals surface area (Å²) in [5, 5.41) is 0. The molecule has 0 amide bonds. The topological polar surface area (TPSA) is 35.5 Å². The van der Waals surface area contributed by atoms with E-state index >= 15 is 0 Å². The summed E-state index contributed by atoms with van der Waals surface area (Å²) in [6.45, 7) is 12.2. The van der Waals surface area contributed by atoms with Crippen molar-refractivity contribution in [1.82, 2.24) is 0 Å². The molecule has 0 aliphatic heterocycles. The molecule has 4 aromatic carbocycles. The van der Waals surface area contributed by atoms with Gasteiger partial charge in [-0.1, -0.05) is 48.5 Å². The predicted molar refractivity (Wildman–Crippen MR) is 147 cm³/mol. The summed E-state index contributed by atoms with van der Waals surface area (Å²) in [5.74, 6) is 1.73. The van der Waals surface area contributed by atoms with Crippen molar-refractivity contribution in [3.05, 3.63) is 96.1 Å². The minimum Gasteiger partial charge on any atom is -0.488 e. The SMILES string of the molecule is CC(C)(C)Oc1ccc(-c2cc3c(cc2-c2ccc(OC(C)(C)C)cc2)-c2ccccc2C3=O)cc1. The average molecular weight is 477 g/mol. The van der Waals surface area contributed by atoms with Crippen molar-refractivity contribution in [3.63, 3.8) is 0 Å². The molecule has 5 rings (SSSR count). The maximum Gasteiger partial charge on any atom is 0.194 e. The summed E-state index contributed by atoms with van der Waals surface area (Å²) in [6, 6.07) is 28.4. The van der Waals surface area contributed by atoms with Crippen molar-refractivity contribution >= 4 is 5.78 Å². The highest BCUT2D eigenvalue weighted by Crippen LogP contribution is 2.44. The largest absolute Gasteiger partial charge is 0.488 e. The number of fused-ring (bicyclic) bond motifs is 3. The molecule has 0 atom stereocenters. The van der Waals surface area contributed by atoms with Gasteiger partial charge in [0.25, 0.3) is 0 Å². The number of hydrogen-bond acceptors (Lipinski definition) is 3. The Kier molecular flexibility index (Phi) is 5.75. The Morgan fingerprint density at radius 1 is 0.472 bits per heavy atom. The second-order valence-corrected chi connectivity index (χ2v) is 11.3. The van der Waals surface area contributed by atoms with Gasteiger partial charge in [-0.3, -0.25) is 4.79 Å². The van der Waals surface area contributed by atoms with Crippen molar-refractivity contribution in [2.45, 2.75) is 52.7 Å². The molecule has 0 fully saturated rings. The lowest BCUT2D eigenvalue weighted by Gasteiger charge is -2.22. The van der Waals surface area contributed by atoms with Gasteiger partial charge in [-0.2, -0.15) is 0 Å². The molecule has 3 nitrogen and oxygen atoms in total. The minimum absolute atomic E-state index is 0.0787. The summed E-state index contributed by atoms with van der Waals surface area (Å²) >= 11 is 0. The van der Waals surface area contributed by atoms with Gasteiger partial charge >= 0.3 is 0 Å². The molecule has 0 saturated heterocycles. The molecule has 1 aliphatic rings. The standard InChI is InChI=1S/C33H32O3/c1-32(2,3)35-23-15-11-21(12-16-23)27-19-29-25-9-7-8-10-26(25)31(34)30(29)20-28(27)22-13-17-24(18-14-22)36-33(4,5)6/h7-20H,1-6H3.